The number of hydrogen-bond donors (Lipinski definition) is 0. The molecule has 0 aliphatic carbocycles. The molecule has 25 heavy (non-hydrogen) atoms. The molecular weight excluding hydrogens is 314 g/mol. The topological polar surface area (TPSA) is 52.6 Å². The lowest BCUT2D eigenvalue weighted by Gasteiger charge is -2.32. The molecule has 6 nitrogen and oxygen atoms in total. The quantitative estimate of drug-likeness (QED) is 0.837. The summed E-state index contributed by atoms with van der Waals surface area (Å²) in [5, 5.41) is 0. The second-order valence-corrected chi connectivity index (χ2v) is 6.82. The smallest absolute Gasteiger partial charge is 0.272 e. The number of aryl methyl sites for hydroxylation is 1. The number of carbonyl (C=O) groups is 1. The number of piperazine rings is 1. The van der Waals surface area contributed by atoms with E-state index in [0.717, 1.165) is 50.5 Å². The van der Waals surface area contributed by atoms with Gasteiger partial charge in [0.2, 0.25) is 5.95 Å². The molecule has 1 saturated heterocycles. The zero-order valence-corrected chi connectivity index (χ0v) is 14.8. The molecule has 1 aromatic carbocycles. The fourth-order valence-electron chi connectivity index (χ4n) is 3.50. The maximum absolute atomic E-state index is 12.9. The number of para-hydroxylation sites is 1. The van der Waals surface area contributed by atoms with E-state index in [1.807, 2.05) is 17.9 Å². The monoisotopic (exact) mass is 337 g/mol. The van der Waals surface area contributed by atoms with Gasteiger partial charge in [0, 0.05) is 44.1 Å². The average molecular weight is 337 g/mol. The molecule has 1 fully saturated rings. The molecule has 2 aliphatic heterocycles. The standard InChI is InChI=1S/C19H23N5O/c1-14-13-16(18(25)23-11-9-22(2)10-12-23)21-19(20-14)24-8-7-15-5-3-4-6-17(15)24/h3-6,13H,7-12H2,1-2H3. The molecule has 4 rings (SSSR count). The molecule has 0 radical (unpaired) electrons. The Morgan fingerprint density at radius 2 is 1.80 bits per heavy atom. The first kappa shape index (κ1) is 16.0. The normalized spacial score (nSPS) is 17.7. The minimum atomic E-state index is 0.00679. The van der Waals surface area contributed by atoms with E-state index in [1.165, 1.54) is 5.56 Å². The fraction of sp³-hybridized carbons (Fsp3) is 0.421. The summed E-state index contributed by atoms with van der Waals surface area (Å²) in [5.74, 6) is 0.634. The van der Waals surface area contributed by atoms with Gasteiger partial charge in [-0.2, -0.15) is 0 Å². The van der Waals surface area contributed by atoms with Crippen molar-refractivity contribution in [2.45, 2.75) is 13.3 Å². The Kier molecular flexibility index (Phi) is 4.13. The van der Waals surface area contributed by atoms with Crippen molar-refractivity contribution >= 4 is 17.5 Å². The van der Waals surface area contributed by atoms with E-state index in [2.05, 4.69) is 45.0 Å². The Balaban J connectivity index is 1.62. The van der Waals surface area contributed by atoms with Gasteiger partial charge in [-0.25, -0.2) is 9.97 Å². The van der Waals surface area contributed by atoms with Crippen molar-refractivity contribution in [2.75, 3.05) is 44.7 Å². The molecule has 2 aromatic rings. The Hall–Kier alpha value is -2.47. The third kappa shape index (κ3) is 3.09. The molecule has 0 spiro atoms. The summed E-state index contributed by atoms with van der Waals surface area (Å²) in [5.41, 5.74) is 3.77. The highest BCUT2D eigenvalue weighted by Crippen LogP contribution is 2.32. The first-order chi connectivity index (χ1) is 12.1. The van der Waals surface area contributed by atoms with Gasteiger partial charge >= 0.3 is 0 Å². The zero-order valence-electron chi connectivity index (χ0n) is 14.8. The minimum Gasteiger partial charge on any atom is -0.335 e. The van der Waals surface area contributed by atoms with Gasteiger partial charge in [-0.1, -0.05) is 18.2 Å². The van der Waals surface area contributed by atoms with E-state index in [1.54, 1.807) is 6.07 Å². The average Bonchev–Trinajstić information content (AvgIpc) is 3.05. The highest BCUT2D eigenvalue weighted by atomic mass is 16.2. The van der Waals surface area contributed by atoms with Gasteiger partial charge in [-0.15, -0.1) is 0 Å². The van der Waals surface area contributed by atoms with E-state index < -0.39 is 0 Å². The molecular formula is C19H23N5O. The summed E-state index contributed by atoms with van der Waals surface area (Å²) in [6.45, 7) is 6.09. The minimum absolute atomic E-state index is 0.00679. The van der Waals surface area contributed by atoms with Crippen LogP contribution in [0.4, 0.5) is 11.6 Å². The molecule has 1 amide bonds. The number of likely N-dealkylation sites (N-methyl/N-ethyl adjacent to an activating group) is 1. The first-order valence-electron chi connectivity index (χ1n) is 8.81. The van der Waals surface area contributed by atoms with Crippen molar-refractivity contribution in [1.29, 1.82) is 0 Å². The Morgan fingerprint density at radius 1 is 1.04 bits per heavy atom. The molecule has 0 unspecified atom stereocenters. The molecule has 0 saturated carbocycles. The van der Waals surface area contributed by atoms with Gasteiger partial charge in [0.15, 0.2) is 0 Å². The summed E-state index contributed by atoms with van der Waals surface area (Å²) in [6.07, 6.45) is 0.981. The molecule has 0 atom stereocenters. The third-order valence-electron chi connectivity index (χ3n) is 4.98. The summed E-state index contributed by atoms with van der Waals surface area (Å²) in [6, 6.07) is 10.1. The number of nitrogens with zero attached hydrogens (tertiary/aromatic N) is 5. The Bertz CT molecular complexity index is 798. The predicted molar refractivity (Wildman–Crippen MR) is 97.3 cm³/mol. The number of hydrogen-bond acceptors (Lipinski definition) is 5. The lowest BCUT2D eigenvalue weighted by Crippen LogP contribution is -2.47. The number of anilines is 2. The maximum Gasteiger partial charge on any atom is 0.272 e. The van der Waals surface area contributed by atoms with Crippen LogP contribution >= 0.6 is 0 Å². The second-order valence-electron chi connectivity index (χ2n) is 6.82. The van der Waals surface area contributed by atoms with E-state index >= 15 is 0 Å². The Labute approximate surface area is 148 Å². The maximum atomic E-state index is 12.9. The Morgan fingerprint density at radius 3 is 2.60 bits per heavy atom. The van der Waals surface area contributed by atoms with Gasteiger partial charge < -0.3 is 14.7 Å². The third-order valence-corrected chi connectivity index (χ3v) is 4.98. The van der Waals surface area contributed by atoms with Crippen molar-refractivity contribution in [3.05, 3.63) is 47.3 Å². The van der Waals surface area contributed by atoms with Gasteiger partial charge in [-0.3, -0.25) is 4.79 Å². The zero-order chi connectivity index (χ0) is 17.4. The van der Waals surface area contributed by atoms with Crippen molar-refractivity contribution in [3.63, 3.8) is 0 Å². The van der Waals surface area contributed by atoms with Crippen LogP contribution in [0.5, 0.6) is 0 Å². The van der Waals surface area contributed by atoms with E-state index in [-0.39, 0.29) is 5.91 Å². The summed E-state index contributed by atoms with van der Waals surface area (Å²) in [7, 11) is 2.08. The van der Waals surface area contributed by atoms with Crippen LogP contribution in [0.25, 0.3) is 0 Å². The van der Waals surface area contributed by atoms with E-state index in [9.17, 15) is 4.79 Å². The van der Waals surface area contributed by atoms with Gasteiger partial charge in [0.1, 0.15) is 5.69 Å². The van der Waals surface area contributed by atoms with Crippen LogP contribution in [0.2, 0.25) is 0 Å². The van der Waals surface area contributed by atoms with Crippen LogP contribution in [0.1, 0.15) is 21.7 Å². The van der Waals surface area contributed by atoms with Crippen LogP contribution in [0.3, 0.4) is 0 Å². The lowest BCUT2D eigenvalue weighted by atomic mass is 10.2. The first-order valence-corrected chi connectivity index (χ1v) is 8.81. The van der Waals surface area contributed by atoms with Crippen LogP contribution < -0.4 is 4.90 Å². The molecule has 130 valence electrons. The van der Waals surface area contributed by atoms with E-state index in [0.29, 0.717) is 11.6 Å². The van der Waals surface area contributed by atoms with Crippen molar-refractivity contribution in [2.24, 2.45) is 0 Å². The fourth-order valence-corrected chi connectivity index (χ4v) is 3.50. The van der Waals surface area contributed by atoms with Crippen LogP contribution in [0, 0.1) is 6.92 Å². The van der Waals surface area contributed by atoms with Crippen LogP contribution in [0.15, 0.2) is 30.3 Å². The van der Waals surface area contributed by atoms with Gasteiger partial charge in [0.05, 0.1) is 0 Å². The predicted octanol–water partition coefficient (Wildman–Crippen LogP) is 1.87. The molecule has 0 bridgehead atoms. The number of fused-ring (bicyclic) bond motifs is 1. The van der Waals surface area contributed by atoms with Crippen LogP contribution in [-0.2, 0) is 6.42 Å². The second kappa shape index (κ2) is 6.44. The number of benzene rings is 1. The van der Waals surface area contributed by atoms with Crippen molar-refractivity contribution in [1.82, 2.24) is 19.8 Å². The van der Waals surface area contributed by atoms with E-state index in [4.69, 9.17) is 0 Å². The van der Waals surface area contributed by atoms with Gasteiger partial charge in [-0.05, 0) is 38.1 Å². The molecule has 1 aromatic heterocycles. The molecule has 6 heteroatoms. The van der Waals surface area contributed by atoms with Crippen LogP contribution in [-0.4, -0.2) is 65.4 Å². The number of rotatable bonds is 2. The molecule has 3 heterocycles. The number of aromatic nitrogens is 2. The van der Waals surface area contributed by atoms with Crippen molar-refractivity contribution < 1.29 is 4.79 Å². The lowest BCUT2D eigenvalue weighted by molar-refractivity contribution is 0.0658. The number of carbonyl (C=O) groups excluding carboxylic acids is 1. The SMILES string of the molecule is Cc1cc(C(=O)N2CCN(C)CC2)nc(N2CCc3ccccc32)n1. The van der Waals surface area contributed by atoms with Gasteiger partial charge in [0.25, 0.3) is 5.91 Å². The molecule has 2 aliphatic rings. The van der Waals surface area contributed by atoms with Crippen molar-refractivity contribution in [3.8, 4) is 0 Å². The molecule has 0 N–H and O–H groups in total. The highest BCUT2D eigenvalue weighted by molar-refractivity contribution is 5.93. The summed E-state index contributed by atoms with van der Waals surface area (Å²) >= 11 is 0. The summed E-state index contributed by atoms with van der Waals surface area (Å²) in [4.78, 5) is 28.3. The highest BCUT2D eigenvalue weighted by Gasteiger charge is 2.26. The summed E-state index contributed by atoms with van der Waals surface area (Å²) < 4.78 is 0. The largest absolute Gasteiger partial charge is 0.335 e. The number of amides is 1.